The molecule has 0 saturated carbocycles. The molecule has 1 heterocycles. The molecular weight excluding hydrogens is 314 g/mol. The van der Waals surface area contributed by atoms with Gasteiger partial charge in [-0.05, 0) is 52.4 Å². The number of hydrogen-bond donors (Lipinski definition) is 0. The van der Waals surface area contributed by atoms with E-state index in [-0.39, 0.29) is 5.12 Å². The lowest BCUT2D eigenvalue weighted by Gasteiger charge is -2.12. The summed E-state index contributed by atoms with van der Waals surface area (Å²) in [6.45, 7) is 0. The van der Waals surface area contributed by atoms with Crippen LogP contribution >= 0.6 is 11.8 Å². The highest BCUT2D eigenvalue weighted by atomic mass is 32.2. The molecule has 3 heteroatoms. The molecule has 0 radical (unpaired) electrons. The molecule has 0 saturated heterocycles. The van der Waals surface area contributed by atoms with Crippen LogP contribution in [0.5, 0.6) is 0 Å². The molecule has 0 fully saturated rings. The van der Waals surface area contributed by atoms with Crippen molar-refractivity contribution < 1.29 is 4.79 Å². The Morgan fingerprint density at radius 2 is 1.67 bits per heavy atom. The molecule has 0 amide bonds. The number of anilines is 1. The van der Waals surface area contributed by atoms with Crippen molar-refractivity contribution in [2.24, 2.45) is 0 Å². The summed E-state index contributed by atoms with van der Waals surface area (Å²) >= 11 is 1.33. The highest BCUT2D eigenvalue weighted by Gasteiger charge is 2.27. The van der Waals surface area contributed by atoms with Crippen molar-refractivity contribution in [3.05, 3.63) is 71.8 Å². The summed E-state index contributed by atoms with van der Waals surface area (Å²) in [5.74, 6) is 0. The average molecular weight is 331 g/mol. The van der Waals surface area contributed by atoms with Gasteiger partial charge < -0.3 is 4.90 Å². The minimum atomic E-state index is 0.123. The molecule has 118 valence electrons. The van der Waals surface area contributed by atoms with Gasteiger partial charge >= 0.3 is 0 Å². The molecule has 24 heavy (non-hydrogen) atoms. The van der Waals surface area contributed by atoms with Crippen molar-refractivity contribution in [3.8, 4) is 0 Å². The fourth-order valence-corrected chi connectivity index (χ4v) is 3.97. The molecule has 0 N–H and O–H groups in total. The first kappa shape index (κ1) is 15.0. The van der Waals surface area contributed by atoms with E-state index in [0.717, 1.165) is 32.7 Å². The van der Waals surface area contributed by atoms with Gasteiger partial charge in [0.25, 0.3) is 0 Å². The number of hydrogen-bond acceptors (Lipinski definition) is 3. The van der Waals surface area contributed by atoms with Gasteiger partial charge in [-0.1, -0.05) is 42.5 Å². The number of carbonyl (C=O) groups is 1. The van der Waals surface area contributed by atoms with E-state index in [2.05, 4.69) is 53.4 Å². The van der Waals surface area contributed by atoms with Crippen LogP contribution in [0.15, 0.2) is 65.6 Å². The molecule has 0 bridgehead atoms. The van der Waals surface area contributed by atoms with E-state index < -0.39 is 0 Å². The van der Waals surface area contributed by atoms with Crippen LogP contribution < -0.4 is 4.90 Å². The summed E-state index contributed by atoms with van der Waals surface area (Å²) in [6.07, 6.45) is 2.01. The van der Waals surface area contributed by atoms with Gasteiger partial charge in [0.05, 0.1) is 0 Å². The van der Waals surface area contributed by atoms with Gasteiger partial charge in [0.15, 0.2) is 0 Å². The highest BCUT2D eigenvalue weighted by molar-refractivity contribution is 8.15. The minimum Gasteiger partial charge on any atom is -0.378 e. The zero-order chi connectivity index (χ0) is 16.7. The molecule has 1 aliphatic heterocycles. The number of thioether (sulfide) groups is 1. The van der Waals surface area contributed by atoms with Crippen molar-refractivity contribution in [2.75, 3.05) is 19.0 Å². The molecular formula is C21H17NOS. The number of nitrogens with zero attached hydrogens (tertiary/aromatic N) is 1. The monoisotopic (exact) mass is 331 g/mol. The third kappa shape index (κ3) is 2.51. The number of benzene rings is 3. The smallest absolute Gasteiger partial charge is 0.224 e. The highest BCUT2D eigenvalue weighted by Crippen LogP contribution is 2.44. The van der Waals surface area contributed by atoms with Crippen molar-refractivity contribution in [1.29, 1.82) is 0 Å². The second kappa shape index (κ2) is 5.84. The second-order valence-electron chi connectivity index (χ2n) is 6.09. The maximum atomic E-state index is 12.5. The Labute approximate surface area is 145 Å². The van der Waals surface area contributed by atoms with Crippen LogP contribution in [0.25, 0.3) is 22.4 Å². The first-order valence-electron chi connectivity index (χ1n) is 7.87. The van der Waals surface area contributed by atoms with Gasteiger partial charge in [-0.15, -0.1) is 0 Å². The SMILES string of the molecule is CN(C)c1ccc(/C=C2\C(=O)Sc3ccc4ccccc4c32)cc1. The maximum absolute atomic E-state index is 12.5. The largest absolute Gasteiger partial charge is 0.378 e. The van der Waals surface area contributed by atoms with Gasteiger partial charge in [-0.3, -0.25) is 4.79 Å². The van der Waals surface area contributed by atoms with Gasteiger partial charge in [-0.2, -0.15) is 0 Å². The van der Waals surface area contributed by atoms with Gasteiger partial charge in [0.2, 0.25) is 5.12 Å². The molecule has 0 aliphatic carbocycles. The van der Waals surface area contributed by atoms with Gasteiger partial charge in [-0.25, -0.2) is 0 Å². The van der Waals surface area contributed by atoms with E-state index in [1.54, 1.807) is 0 Å². The number of carbonyl (C=O) groups excluding carboxylic acids is 1. The first-order valence-corrected chi connectivity index (χ1v) is 8.68. The Morgan fingerprint density at radius 1 is 0.917 bits per heavy atom. The molecule has 0 spiro atoms. The molecule has 0 atom stereocenters. The van der Waals surface area contributed by atoms with Crippen LogP contribution in [0, 0.1) is 0 Å². The Hall–Kier alpha value is -2.52. The molecule has 0 aromatic heterocycles. The molecule has 4 rings (SSSR count). The summed E-state index contributed by atoms with van der Waals surface area (Å²) in [5.41, 5.74) is 4.06. The fraction of sp³-hybridized carbons (Fsp3) is 0.0952. The Bertz CT molecular complexity index is 971. The Balaban J connectivity index is 1.85. The normalized spacial score (nSPS) is 15.1. The van der Waals surface area contributed by atoms with E-state index in [1.807, 2.05) is 32.3 Å². The minimum absolute atomic E-state index is 0.123. The van der Waals surface area contributed by atoms with Crippen LogP contribution in [-0.2, 0) is 4.79 Å². The van der Waals surface area contributed by atoms with Crippen LogP contribution in [0.4, 0.5) is 5.69 Å². The molecule has 3 aromatic rings. The molecule has 2 nitrogen and oxygen atoms in total. The first-order chi connectivity index (χ1) is 11.6. The lowest BCUT2D eigenvalue weighted by atomic mass is 9.97. The van der Waals surface area contributed by atoms with Gasteiger partial charge in [0.1, 0.15) is 0 Å². The van der Waals surface area contributed by atoms with E-state index in [1.165, 1.54) is 17.1 Å². The van der Waals surface area contributed by atoms with E-state index in [0.29, 0.717) is 0 Å². The standard InChI is InChI=1S/C21H17NOS/c1-22(2)16-10-7-14(8-11-16)13-18-20-17-6-4-3-5-15(17)9-12-19(20)24-21(18)23/h3-13H,1-2H3/b18-13-. The van der Waals surface area contributed by atoms with Crippen LogP contribution in [-0.4, -0.2) is 19.2 Å². The predicted molar refractivity (Wildman–Crippen MR) is 103 cm³/mol. The summed E-state index contributed by atoms with van der Waals surface area (Å²) in [6, 6.07) is 20.6. The average Bonchev–Trinajstić information content (AvgIpc) is 2.91. The summed E-state index contributed by atoms with van der Waals surface area (Å²) < 4.78 is 0. The Morgan fingerprint density at radius 3 is 2.42 bits per heavy atom. The van der Waals surface area contributed by atoms with Crippen LogP contribution in [0.2, 0.25) is 0 Å². The quantitative estimate of drug-likeness (QED) is 0.611. The summed E-state index contributed by atoms with van der Waals surface area (Å²) in [4.78, 5) is 15.7. The lowest BCUT2D eigenvalue weighted by Crippen LogP contribution is -2.07. The second-order valence-corrected chi connectivity index (χ2v) is 7.11. The molecule has 0 unspecified atom stereocenters. The van der Waals surface area contributed by atoms with Crippen molar-refractivity contribution >= 4 is 45.0 Å². The van der Waals surface area contributed by atoms with E-state index >= 15 is 0 Å². The van der Waals surface area contributed by atoms with Crippen molar-refractivity contribution in [3.63, 3.8) is 0 Å². The lowest BCUT2D eigenvalue weighted by molar-refractivity contribution is -0.106. The predicted octanol–water partition coefficient (Wildman–Crippen LogP) is 5.08. The Kier molecular flexibility index (Phi) is 3.66. The van der Waals surface area contributed by atoms with Gasteiger partial charge in [0, 0.05) is 35.8 Å². The van der Waals surface area contributed by atoms with Crippen molar-refractivity contribution in [1.82, 2.24) is 0 Å². The zero-order valence-corrected chi connectivity index (χ0v) is 14.4. The topological polar surface area (TPSA) is 20.3 Å². The van der Waals surface area contributed by atoms with E-state index in [4.69, 9.17) is 0 Å². The molecule has 3 aromatic carbocycles. The fourth-order valence-electron chi connectivity index (χ4n) is 3.04. The summed E-state index contributed by atoms with van der Waals surface area (Å²) in [5, 5.41) is 2.43. The zero-order valence-electron chi connectivity index (χ0n) is 13.6. The number of fused-ring (bicyclic) bond motifs is 3. The third-order valence-corrected chi connectivity index (χ3v) is 5.27. The molecule has 1 aliphatic rings. The van der Waals surface area contributed by atoms with E-state index in [9.17, 15) is 4.79 Å². The van der Waals surface area contributed by atoms with Crippen LogP contribution in [0.3, 0.4) is 0 Å². The van der Waals surface area contributed by atoms with Crippen molar-refractivity contribution in [2.45, 2.75) is 4.90 Å². The number of rotatable bonds is 2. The van der Waals surface area contributed by atoms with Crippen LogP contribution in [0.1, 0.15) is 11.1 Å². The third-order valence-electron chi connectivity index (χ3n) is 4.30. The summed E-state index contributed by atoms with van der Waals surface area (Å²) in [7, 11) is 4.04. The maximum Gasteiger partial charge on any atom is 0.224 e.